The van der Waals surface area contributed by atoms with Crippen LogP contribution in [0, 0.1) is 55.4 Å². The first-order chi connectivity index (χ1) is 60.4. The summed E-state index contributed by atoms with van der Waals surface area (Å²) in [5.41, 5.74) is 16.2. The molecule has 1 fully saturated rings. The smallest absolute Gasteiger partial charge is 0.335 e. The molecule has 9 heterocycles. The third-order valence-corrected chi connectivity index (χ3v) is 14.2. The van der Waals surface area contributed by atoms with E-state index >= 15 is 0 Å². The molecule has 0 amide bonds. The number of aromatic hydroxyl groups is 1. The number of nitrogens with one attached hydrogen (secondary N) is 2. The van der Waals surface area contributed by atoms with Crippen molar-refractivity contribution >= 4 is 63.1 Å². The van der Waals surface area contributed by atoms with Crippen molar-refractivity contribution in [1.29, 1.82) is 0 Å². The van der Waals surface area contributed by atoms with Gasteiger partial charge < -0.3 is 30.0 Å². The number of benzene rings is 5. The summed E-state index contributed by atoms with van der Waals surface area (Å²) in [7, 11) is 2.19. The van der Waals surface area contributed by atoms with Gasteiger partial charge in [-0.25, -0.2) is 14.8 Å². The van der Waals surface area contributed by atoms with E-state index in [1.165, 1.54) is 113 Å². The number of allylic oxidation sites excluding steroid dienone is 2. The number of rotatable bonds is 4. The number of aryl methyl sites for hydroxylation is 8. The van der Waals surface area contributed by atoms with E-state index in [-0.39, 0.29) is 11.6 Å². The Hall–Kier alpha value is -12.7. The van der Waals surface area contributed by atoms with Gasteiger partial charge in [0.25, 0.3) is 0 Å². The molecule has 19 nitrogen and oxygen atoms in total. The lowest BCUT2D eigenvalue weighted by atomic mass is 10.0. The lowest BCUT2D eigenvalue weighted by Crippen LogP contribution is -2.24. The van der Waals surface area contributed by atoms with E-state index in [0.717, 1.165) is 35.5 Å². The van der Waals surface area contributed by atoms with Gasteiger partial charge in [-0.05, 0) is 228 Å². The molecule has 0 bridgehead atoms. The number of aliphatic imine (C=N–C) groups is 2. The third kappa shape index (κ3) is 87.5. The third-order valence-electron chi connectivity index (χ3n) is 14.2. The Kier molecular flexibility index (Phi) is 114. The minimum absolute atomic E-state index is 0.185. The summed E-state index contributed by atoms with van der Waals surface area (Å²) >= 11 is 0. The van der Waals surface area contributed by atoms with E-state index in [1.807, 2.05) is 204 Å². The van der Waals surface area contributed by atoms with Crippen LogP contribution >= 0.6 is 0 Å². The first-order valence-electron chi connectivity index (χ1n) is 42.0. The number of aromatic amines is 2. The van der Waals surface area contributed by atoms with E-state index < -0.39 is 12.1 Å². The number of carbonyl (C=O) groups excluding carboxylic acids is 2. The Labute approximate surface area is 758 Å². The van der Waals surface area contributed by atoms with Gasteiger partial charge >= 0.3 is 5.97 Å². The predicted molar refractivity (Wildman–Crippen MR) is 552 cm³/mol. The van der Waals surface area contributed by atoms with Crippen molar-refractivity contribution in [2.75, 3.05) is 26.7 Å². The van der Waals surface area contributed by atoms with Gasteiger partial charge in [0.2, 0.25) is 0 Å². The van der Waals surface area contributed by atoms with Gasteiger partial charge in [0.1, 0.15) is 30.0 Å². The number of aromatic nitrogens is 7. The molecule has 0 radical (unpaired) electrons. The van der Waals surface area contributed by atoms with Gasteiger partial charge in [-0.2, -0.15) is 10.2 Å². The molecule has 0 spiro atoms. The number of carboxylic acid groups (broad SMARTS) is 1. The quantitative estimate of drug-likeness (QED) is 0.103. The Bertz CT molecular complexity index is 4050. The minimum atomic E-state index is -0.875. The van der Waals surface area contributed by atoms with Crippen LogP contribution in [0.25, 0.3) is 27.4 Å². The molecule has 1 atom stereocenters. The van der Waals surface area contributed by atoms with Crippen molar-refractivity contribution in [3.8, 4) is 5.75 Å². The van der Waals surface area contributed by atoms with Gasteiger partial charge in [-0.3, -0.25) is 29.8 Å². The number of carbonyl (C=O) groups is 3. The van der Waals surface area contributed by atoms with Crippen LogP contribution in [0.1, 0.15) is 210 Å². The van der Waals surface area contributed by atoms with Crippen LogP contribution in [0.4, 0.5) is 0 Å². The van der Waals surface area contributed by atoms with Crippen LogP contribution in [0.15, 0.2) is 331 Å². The van der Waals surface area contributed by atoms with Crippen molar-refractivity contribution < 1.29 is 29.7 Å². The molecular weight excluding hydrogens is 1550 g/mol. The molecule has 19 heteroatoms. The van der Waals surface area contributed by atoms with Gasteiger partial charge in [-0.1, -0.05) is 184 Å². The zero-order chi connectivity index (χ0) is 98.6. The molecule has 5 N–H and O–H groups in total. The molecule has 0 saturated carbocycles. The van der Waals surface area contributed by atoms with Crippen molar-refractivity contribution in [1.82, 2.24) is 40.0 Å². The average Bonchev–Trinajstić information content (AvgIpc) is 1.73. The summed E-state index contributed by atoms with van der Waals surface area (Å²) in [4.78, 5) is 59.0. The van der Waals surface area contributed by atoms with Crippen LogP contribution < -0.4 is 0 Å². The van der Waals surface area contributed by atoms with Crippen LogP contribution in [-0.4, -0.2) is 124 Å². The Morgan fingerprint density at radius 2 is 0.960 bits per heavy atom. The maximum absolute atomic E-state index is 10.3. The number of aromatic carboxylic acids is 1. The summed E-state index contributed by atoms with van der Waals surface area (Å²) in [5.74, 6) is 0.345. The highest BCUT2D eigenvalue weighted by atomic mass is 16.4. The topological polar surface area (TPSA) is 273 Å². The number of aliphatic hydroxyl groups excluding tert-OH is 1. The minimum Gasteiger partial charge on any atom is -0.508 e. The number of hydrogen-bond donors (Lipinski definition) is 5. The number of pyridine rings is 2. The number of para-hydroxylation sites is 1. The molecule has 4 aliphatic heterocycles. The lowest BCUT2D eigenvalue weighted by molar-refractivity contribution is -0.124. The van der Waals surface area contributed by atoms with Crippen LogP contribution in [-0.2, 0) is 9.59 Å². The van der Waals surface area contributed by atoms with Gasteiger partial charge in [-0.15, -0.1) is 97.2 Å². The van der Waals surface area contributed by atoms with E-state index in [0.29, 0.717) is 24.3 Å². The second-order valence-corrected chi connectivity index (χ2v) is 23.8. The van der Waals surface area contributed by atoms with E-state index in [2.05, 4.69) is 253 Å². The van der Waals surface area contributed by atoms with Crippen molar-refractivity contribution in [2.24, 2.45) is 25.4 Å². The summed E-state index contributed by atoms with van der Waals surface area (Å²) in [6.45, 7) is 91.7. The van der Waals surface area contributed by atoms with E-state index in [4.69, 9.17) is 15.3 Å². The SMILES string of the molecule is C=C.C=C.C=C.C=C.C=C.C=C.C=C.CC.CC.CC.CC.CC.CC(=O)C(C)O.CC1=CN=CC1.CC1=NN=NC1.CCC(C)=O.CN1CCCCC1.Cc1c[nH]c2ccccc12.Cc1ccc(C(=O)O)cc1.Cc1ccc(C2=CN=CC2)cc1.Cc1ccc(O)cc1.Cc1ccc2cn[nH]c2c1.Cc1cccnc1.Cc1ccncc1.Cc1ncccn1. The normalized spacial score (nSPS) is 10.5. The zero-order valence-electron chi connectivity index (χ0n) is 81.6. The maximum atomic E-state index is 10.3. The molecule has 688 valence electrons. The second kappa shape index (κ2) is 105. The average molecular weight is 1720 g/mol. The predicted octanol–water partition coefficient (Wildman–Crippen LogP) is 29.1. The fourth-order valence-electron chi connectivity index (χ4n) is 7.82. The Morgan fingerprint density at radius 3 is 1.27 bits per heavy atom. The molecule has 5 aromatic heterocycles. The largest absolute Gasteiger partial charge is 0.508 e. The molecule has 0 aliphatic carbocycles. The molecule has 1 saturated heterocycles. The second-order valence-electron chi connectivity index (χ2n) is 23.8. The summed E-state index contributed by atoms with van der Waals surface area (Å²) in [6, 6.07) is 46.6. The van der Waals surface area contributed by atoms with Crippen LogP contribution in [0.5, 0.6) is 5.75 Å². The fourth-order valence-corrected chi connectivity index (χ4v) is 7.82. The first kappa shape index (κ1) is 136. The molecule has 1 unspecified atom stereocenters. The summed E-state index contributed by atoms with van der Waals surface area (Å²) in [5, 5.41) is 45.4. The number of hydrogen-bond acceptors (Lipinski definition) is 16. The van der Waals surface area contributed by atoms with E-state index in [1.54, 1.807) is 80.4 Å². The number of H-pyrrole nitrogens is 2. The molecule has 4 aliphatic rings. The number of likely N-dealkylation sites (tertiary alicyclic amines) is 1. The summed E-state index contributed by atoms with van der Waals surface area (Å²) < 4.78 is 0. The van der Waals surface area contributed by atoms with Crippen LogP contribution in [0.2, 0.25) is 0 Å². The fraction of sp³-hybridized carbons (Fsp3) is 0.330. The van der Waals surface area contributed by atoms with Gasteiger partial charge in [0.15, 0.2) is 5.78 Å². The summed E-state index contributed by atoms with van der Waals surface area (Å²) in [6.07, 6.45) is 28.3. The number of fused-ring (bicyclic) bond motifs is 2. The Morgan fingerprint density at radius 1 is 0.504 bits per heavy atom. The number of phenols is 1. The Balaban J connectivity index is -0.000000123. The number of carboxylic acids is 1. The highest BCUT2D eigenvalue weighted by Gasteiger charge is 2.04. The van der Waals surface area contributed by atoms with Gasteiger partial charge in [0, 0.05) is 104 Å². The molecular formula is C106H163N13O6. The number of ketones is 2. The first-order valence-corrected chi connectivity index (χ1v) is 42.0. The highest BCUT2D eigenvalue weighted by molar-refractivity contribution is 5.88. The van der Waals surface area contributed by atoms with Crippen molar-refractivity contribution in [2.45, 2.75) is 211 Å². The number of piperidine rings is 1. The number of aliphatic hydroxyl groups is 1. The van der Waals surface area contributed by atoms with Crippen molar-refractivity contribution in [3.05, 3.63) is 361 Å². The number of nitrogens with zero attached hydrogens (tertiary/aromatic N) is 11. The standard InChI is InChI=1S/C11H11N.C9H9N.C8H8N2.C8H8O2.C7H8O.2C6H7N.C6H13N.C5H6N2.C5H7N.C4H8O2.C4H8O.C3H5N3.5C2H6.7C2H4/c1-9-2-4-10(5-3-9)11-6-7-12-8-11;1-7-6-10-9-5-3-2-4-8(7)9;1-6-2-3-7-5-9-10-8(7)4-6;1-6-2-4-7(5-3-6)8(9)10;1-6-2-4-7(8)5-3-6;1-6-2-4-7-5-3-6;1-6-3-2-4-7-5-6;1-7-5-3-2-4-6-7;1-5-6-3-2-4-7-5;1-5-2-3-6-4-5;1-3(5)4(2)6;1-3-4(2)5;1-3-2-4-6-5-3;12*1-2/h2-5,7-8H,6H2,1H3;2-6,10H,1H3;2*2-5H,1H3,(H,9,10);2-5,8H,1H3;2*2-5H,1H3;2-6H2,1H3;2-4H,1H3;3-4H,2H2,1H3;3,5H,1-2H3;3H2,1-2H3;2H2,1H3;5*1-2H3;7*1-2H2. The highest BCUT2D eigenvalue weighted by Crippen LogP contribution is 2.21. The number of Topliss-reactive ketones (excluding diaryl/α,β-unsaturated/α-hetero) is 2. The van der Waals surface area contributed by atoms with Crippen LogP contribution in [0.3, 0.4) is 0 Å². The van der Waals surface area contributed by atoms with Crippen molar-refractivity contribution in [3.63, 3.8) is 0 Å². The molecule has 14 rings (SSSR count). The van der Waals surface area contributed by atoms with E-state index in [9.17, 15) is 14.4 Å². The number of phenolic OH excluding ortho intramolecular Hbond substituents is 1. The van der Waals surface area contributed by atoms with Gasteiger partial charge in [0.05, 0.1) is 23.0 Å². The molecule has 5 aromatic carbocycles. The molecule has 10 aromatic rings. The molecule has 125 heavy (non-hydrogen) atoms. The zero-order valence-corrected chi connectivity index (χ0v) is 81.6. The monoisotopic (exact) mass is 1710 g/mol. The maximum Gasteiger partial charge on any atom is 0.335 e. The lowest BCUT2D eigenvalue weighted by Gasteiger charge is -2.20.